The van der Waals surface area contributed by atoms with Crippen molar-refractivity contribution >= 4 is 33.4 Å². The number of hydrogen-bond donors (Lipinski definition) is 2. The Balaban J connectivity index is 2.31. The minimum atomic E-state index is -0.850. The van der Waals surface area contributed by atoms with Gasteiger partial charge in [-0.25, -0.2) is 4.98 Å². The van der Waals surface area contributed by atoms with Crippen LogP contribution in [0.15, 0.2) is 10.7 Å². The summed E-state index contributed by atoms with van der Waals surface area (Å²) in [6.07, 6.45) is 3.34. The molecule has 0 radical (unpaired) electrons. The number of anilines is 1. The fourth-order valence-electron chi connectivity index (χ4n) is 2.67. The number of nitro groups is 1. The van der Waals surface area contributed by atoms with Crippen LogP contribution in [0.2, 0.25) is 0 Å². The second-order valence-corrected chi connectivity index (χ2v) is 6.29. The van der Waals surface area contributed by atoms with Gasteiger partial charge in [0.25, 0.3) is 5.69 Å². The number of aromatic nitrogens is 1. The summed E-state index contributed by atoms with van der Waals surface area (Å²) >= 11 is 3.30. The Kier molecular flexibility index (Phi) is 4.18. The first-order chi connectivity index (χ1) is 9.77. The van der Waals surface area contributed by atoms with E-state index in [0.717, 1.165) is 12.8 Å². The van der Waals surface area contributed by atoms with E-state index in [2.05, 4.69) is 26.2 Å². The highest BCUT2D eigenvalue weighted by atomic mass is 79.9. The molecule has 0 saturated heterocycles. The van der Waals surface area contributed by atoms with Gasteiger partial charge in [0, 0.05) is 11.6 Å². The molecule has 8 heteroatoms. The standard InChI is InChI=1S/C13H16BrN3O4/c1-7-8(17(20)21)6-15-11(10(7)14)16-9-4-3-5-13(9,2)12(18)19/h6,9H,3-5H2,1-2H3,(H,15,16)(H,18,19). The van der Waals surface area contributed by atoms with Crippen LogP contribution in [0, 0.1) is 22.5 Å². The van der Waals surface area contributed by atoms with E-state index in [1.807, 2.05) is 0 Å². The van der Waals surface area contributed by atoms with E-state index in [0.29, 0.717) is 22.3 Å². The van der Waals surface area contributed by atoms with Gasteiger partial charge in [0.05, 0.1) is 14.8 Å². The smallest absolute Gasteiger partial charge is 0.311 e. The van der Waals surface area contributed by atoms with Crippen LogP contribution in [-0.2, 0) is 4.79 Å². The molecule has 0 aromatic carbocycles. The van der Waals surface area contributed by atoms with Gasteiger partial charge >= 0.3 is 5.97 Å². The summed E-state index contributed by atoms with van der Waals surface area (Å²) in [4.78, 5) is 25.9. The Bertz CT molecular complexity index is 607. The highest BCUT2D eigenvalue weighted by molar-refractivity contribution is 9.10. The molecule has 2 unspecified atom stereocenters. The number of hydrogen-bond acceptors (Lipinski definition) is 5. The Morgan fingerprint density at radius 1 is 1.67 bits per heavy atom. The molecule has 2 atom stereocenters. The fraction of sp³-hybridized carbons (Fsp3) is 0.538. The van der Waals surface area contributed by atoms with Crippen LogP contribution < -0.4 is 5.32 Å². The summed E-state index contributed by atoms with van der Waals surface area (Å²) in [7, 11) is 0. The van der Waals surface area contributed by atoms with Crippen molar-refractivity contribution < 1.29 is 14.8 Å². The normalized spacial score (nSPS) is 24.8. The number of aliphatic carboxylic acids is 1. The topological polar surface area (TPSA) is 105 Å². The lowest BCUT2D eigenvalue weighted by Crippen LogP contribution is -2.40. The van der Waals surface area contributed by atoms with Crippen molar-refractivity contribution in [3.8, 4) is 0 Å². The first-order valence-corrected chi connectivity index (χ1v) is 7.36. The molecule has 0 spiro atoms. The van der Waals surface area contributed by atoms with Crippen molar-refractivity contribution in [3.63, 3.8) is 0 Å². The molecule has 1 aliphatic rings. The third-order valence-corrected chi connectivity index (χ3v) is 5.16. The van der Waals surface area contributed by atoms with E-state index in [1.165, 1.54) is 6.20 Å². The Morgan fingerprint density at radius 3 is 2.90 bits per heavy atom. The molecule has 1 aliphatic carbocycles. The third kappa shape index (κ3) is 2.72. The number of nitrogens with zero attached hydrogens (tertiary/aromatic N) is 2. The van der Waals surface area contributed by atoms with Crippen molar-refractivity contribution in [2.75, 3.05) is 5.32 Å². The van der Waals surface area contributed by atoms with Crippen molar-refractivity contribution in [2.24, 2.45) is 5.41 Å². The molecule has 1 saturated carbocycles. The minimum absolute atomic E-state index is 0.0696. The molecule has 114 valence electrons. The summed E-state index contributed by atoms with van der Waals surface area (Å²) < 4.78 is 0.497. The molecule has 21 heavy (non-hydrogen) atoms. The van der Waals surface area contributed by atoms with Gasteiger partial charge in [-0.1, -0.05) is 6.42 Å². The predicted molar refractivity (Wildman–Crippen MR) is 80.3 cm³/mol. The second-order valence-electron chi connectivity index (χ2n) is 5.50. The van der Waals surface area contributed by atoms with E-state index in [4.69, 9.17) is 0 Å². The average Bonchev–Trinajstić information content (AvgIpc) is 2.77. The summed E-state index contributed by atoms with van der Waals surface area (Å²) in [5.41, 5.74) is -0.455. The van der Waals surface area contributed by atoms with Gasteiger partial charge in [-0.05, 0) is 42.6 Å². The highest BCUT2D eigenvalue weighted by Gasteiger charge is 2.45. The van der Waals surface area contributed by atoms with Crippen LogP contribution in [-0.4, -0.2) is 27.0 Å². The van der Waals surface area contributed by atoms with E-state index < -0.39 is 16.3 Å². The number of halogens is 1. The molecule has 0 bridgehead atoms. The second kappa shape index (κ2) is 5.59. The molecule has 0 aliphatic heterocycles. The zero-order valence-corrected chi connectivity index (χ0v) is 13.3. The van der Waals surface area contributed by atoms with Gasteiger partial charge in [0.15, 0.2) is 0 Å². The quantitative estimate of drug-likeness (QED) is 0.633. The van der Waals surface area contributed by atoms with Gasteiger partial charge in [-0.15, -0.1) is 0 Å². The van der Waals surface area contributed by atoms with Crippen LogP contribution in [0.1, 0.15) is 31.7 Å². The van der Waals surface area contributed by atoms with Gasteiger partial charge in [-0.3, -0.25) is 14.9 Å². The van der Waals surface area contributed by atoms with Crippen molar-refractivity contribution in [1.29, 1.82) is 0 Å². The summed E-state index contributed by atoms with van der Waals surface area (Å²) in [6.45, 7) is 3.34. The van der Waals surface area contributed by atoms with Crippen LogP contribution in [0.25, 0.3) is 0 Å². The molecule has 2 rings (SSSR count). The van der Waals surface area contributed by atoms with Gasteiger partial charge in [-0.2, -0.15) is 0 Å². The SMILES string of the molecule is Cc1c([N+](=O)[O-])cnc(NC2CCCC2(C)C(=O)O)c1Br. The molecular weight excluding hydrogens is 342 g/mol. The monoisotopic (exact) mass is 357 g/mol. The zero-order valence-electron chi connectivity index (χ0n) is 11.7. The zero-order chi connectivity index (χ0) is 15.8. The van der Waals surface area contributed by atoms with Crippen LogP contribution in [0.4, 0.5) is 11.5 Å². The third-order valence-electron chi connectivity index (χ3n) is 4.19. The number of nitrogens with one attached hydrogen (secondary N) is 1. The van der Waals surface area contributed by atoms with Crippen LogP contribution in [0.5, 0.6) is 0 Å². The van der Waals surface area contributed by atoms with Gasteiger partial charge in [0.1, 0.15) is 12.0 Å². The number of carbonyl (C=O) groups is 1. The van der Waals surface area contributed by atoms with Crippen molar-refractivity contribution in [3.05, 3.63) is 26.3 Å². The number of carboxylic acids is 1. The number of pyridine rings is 1. The van der Waals surface area contributed by atoms with Crippen LogP contribution in [0.3, 0.4) is 0 Å². The van der Waals surface area contributed by atoms with E-state index in [-0.39, 0.29) is 11.7 Å². The minimum Gasteiger partial charge on any atom is -0.481 e. The molecular formula is C13H16BrN3O4. The van der Waals surface area contributed by atoms with E-state index >= 15 is 0 Å². The maximum atomic E-state index is 11.5. The number of rotatable bonds is 4. The molecule has 1 aromatic rings. The molecule has 1 aromatic heterocycles. The summed E-state index contributed by atoms with van der Waals surface area (Å²) in [6, 6.07) is -0.250. The lowest BCUT2D eigenvalue weighted by Gasteiger charge is -2.28. The maximum absolute atomic E-state index is 11.5. The Hall–Kier alpha value is -1.70. The lowest BCUT2D eigenvalue weighted by molar-refractivity contribution is -0.385. The summed E-state index contributed by atoms with van der Waals surface area (Å²) in [5.74, 6) is -0.398. The first kappa shape index (κ1) is 15.7. The summed E-state index contributed by atoms with van der Waals surface area (Å²) in [5, 5.41) is 23.4. The lowest BCUT2D eigenvalue weighted by atomic mass is 9.85. The molecule has 1 heterocycles. The first-order valence-electron chi connectivity index (χ1n) is 6.57. The Labute approximate surface area is 130 Å². The highest BCUT2D eigenvalue weighted by Crippen LogP contribution is 2.41. The van der Waals surface area contributed by atoms with E-state index in [1.54, 1.807) is 13.8 Å². The average molecular weight is 358 g/mol. The van der Waals surface area contributed by atoms with Gasteiger partial charge < -0.3 is 10.4 Å². The van der Waals surface area contributed by atoms with Gasteiger partial charge in [0.2, 0.25) is 0 Å². The Morgan fingerprint density at radius 2 is 2.33 bits per heavy atom. The molecule has 7 nitrogen and oxygen atoms in total. The fourth-order valence-corrected chi connectivity index (χ4v) is 3.09. The number of carboxylic acid groups (broad SMARTS) is 1. The predicted octanol–water partition coefficient (Wildman–Crippen LogP) is 3.12. The molecule has 2 N–H and O–H groups in total. The largest absolute Gasteiger partial charge is 0.481 e. The van der Waals surface area contributed by atoms with Crippen molar-refractivity contribution in [1.82, 2.24) is 4.98 Å². The molecule has 1 fully saturated rings. The van der Waals surface area contributed by atoms with E-state index in [9.17, 15) is 20.0 Å². The molecule has 0 amide bonds. The van der Waals surface area contributed by atoms with Crippen LogP contribution >= 0.6 is 15.9 Å². The maximum Gasteiger partial charge on any atom is 0.311 e. The van der Waals surface area contributed by atoms with Crippen molar-refractivity contribution in [2.45, 2.75) is 39.2 Å².